The summed E-state index contributed by atoms with van der Waals surface area (Å²) in [5, 5.41) is 12.6. The molecular formula is C25H41NO2. The number of aliphatic hydroxyl groups excluding tert-OH is 1. The van der Waals surface area contributed by atoms with Gasteiger partial charge in [-0.1, -0.05) is 51.8 Å². The highest BCUT2D eigenvalue weighted by Crippen LogP contribution is 2.62. The van der Waals surface area contributed by atoms with Gasteiger partial charge in [-0.15, -0.1) is 0 Å². The second-order valence-corrected chi connectivity index (χ2v) is 11.0. The van der Waals surface area contributed by atoms with E-state index in [4.69, 9.17) is 0 Å². The molecule has 3 aliphatic rings. The summed E-state index contributed by atoms with van der Waals surface area (Å²) >= 11 is 0. The van der Waals surface area contributed by atoms with Crippen molar-refractivity contribution < 1.29 is 9.90 Å². The van der Waals surface area contributed by atoms with Crippen LogP contribution in [-0.4, -0.2) is 23.2 Å². The number of amides is 1. The number of fused-ring (bicyclic) bond motifs is 3. The van der Waals surface area contributed by atoms with Crippen LogP contribution in [0.25, 0.3) is 0 Å². The molecule has 1 amide bonds. The zero-order valence-electron chi connectivity index (χ0n) is 18.9. The molecule has 28 heavy (non-hydrogen) atoms. The van der Waals surface area contributed by atoms with Gasteiger partial charge in [0.2, 0.25) is 5.91 Å². The molecule has 3 rings (SSSR count). The van der Waals surface area contributed by atoms with Crippen LogP contribution in [0, 0.1) is 28.6 Å². The minimum absolute atomic E-state index is 0.101. The van der Waals surface area contributed by atoms with Crippen LogP contribution < -0.4 is 5.32 Å². The van der Waals surface area contributed by atoms with Gasteiger partial charge in [-0.3, -0.25) is 4.79 Å². The molecule has 0 aromatic rings. The largest absolute Gasteiger partial charge is 0.396 e. The van der Waals surface area contributed by atoms with E-state index >= 15 is 0 Å². The van der Waals surface area contributed by atoms with Crippen LogP contribution in [0.4, 0.5) is 0 Å². The zero-order valence-corrected chi connectivity index (χ0v) is 18.9. The predicted octanol–water partition coefficient (Wildman–Crippen LogP) is 5.40. The van der Waals surface area contributed by atoms with E-state index < -0.39 is 0 Å². The molecular weight excluding hydrogens is 346 g/mol. The van der Waals surface area contributed by atoms with Gasteiger partial charge in [-0.2, -0.15) is 0 Å². The van der Waals surface area contributed by atoms with E-state index in [0.29, 0.717) is 24.2 Å². The summed E-state index contributed by atoms with van der Waals surface area (Å²) in [4.78, 5) is 13.5. The molecule has 3 heteroatoms. The first kappa shape index (κ1) is 21.6. The molecule has 4 atom stereocenters. The molecule has 1 fully saturated rings. The van der Waals surface area contributed by atoms with Gasteiger partial charge in [0.15, 0.2) is 0 Å². The maximum absolute atomic E-state index is 13.5. The lowest BCUT2D eigenvalue weighted by Gasteiger charge is -2.58. The summed E-state index contributed by atoms with van der Waals surface area (Å²) in [5.41, 5.74) is 2.64. The van der Waals surface area contributed by atoms with Gasteiger partial charge in [0.05, 0.1) is 5.41 Å². The molecule has 3 nitrogen and oxygen atoms in total. The van der Waals surface area contributed by atoms with E-state index in [2.05, 4.69) is 45.2 Å². The zero-order chi connectivity index (χ0) is 20.7. The Hall–Kier alpha value is -1.09. The van der Waals surface area contributed by atoms with Crippen molar-refractivity contribution in [3.8, 4) is 0 Å². The summed E-state index contributed by atoms with van der Waals surface area (Å²) in [5.74, 6) is 1.80. The minimum Gasteiger partial charge on any atom is -0.396 e. The molecule has 0 spiro atoms. The summed E-state index contributed by atoms with van der Waals surface area (Å²) in [6, 6.07) is 0. The molecule has 1 saturated carbocycles. The Morgan fingerprint density at radius 2 is 2.04 bits per heavy atom. The lowest BCUT2D eigenvalue weighted by Crippen LogP contribution is -2.58. The average molecular weight is 388 g/mol. The number of rotatable bonds is 5. The lowest BCUT2D eigenvalue weighted by atomic mass is 9.46. The van der Waals surface area contributed by atoms with Crippen molar-refractivity contribution >= 4 is 5.91 Å². The number of hydrogen-bond donors (Lipinski definition) is 2. The quantitative estimate of drug-likeness (QED) is 0.663. The van der Waals surface area contributed by atoms with E-state index in [0.717, 1.165) is 19.3 Å². The van der Waals surface area contributed by atoms with E-state index in [1.54, 1.807) is 11.1 Å². The number of carbonyl (C=O) groups excluding carboxylic acids is 1. The summed E-state index contributed by atoms with van der Waals surface area (Å²) < 4.78 is 0. The fourth-order valence-electron chi connectivity index (χ4n) is 6.41. The van der Waals surface area contributed by atoms with Gasteiger partial charge >= 0.3 is 0 Å². The van der Waals surface area contributed by atoms with Crippen molar-refractivity contribution in [1.82, 2.24) is 5.32 Å². The average Bonchev–Trinajstić information content (AvgIpc) is 2.60. The molecule has 4 unspecified atom stereocenters. The molecule has 0 radical (unpaired) electrons. The predicted molar refractivity (Wildman–Crippen MR) is 116 cm³/mol. The van der Waals surface area contributed by atoms with E-state index in [1.165, 1.54) is 19.3 Å². The molecule has 0 bridgehead atoms. The fourth-order valence-corrected chi connectivity index (χ4v) is 6.41. The van der Waals surface area contributed by atoms with Gasteiger partial charge in [0.1, 0.15) is 0 Å². The molecule has 0 aromatic heterocycles. The number of aliphatic hydroxyl groups is 1. The SMILES string of the molecule is CC(C)C1=CC2=CCC3C(C)(C(=O)NC(C)(C)CCO)CCCC3(C)C2CC1. The maximum Gasteiger partial charge on any atom is 0.226 e. The number of nitrogens with one attached hydrogen (secondary N) is 1. The van der Waals surface area contributed by atoms with E-state index in [9.17, 15) is 9.90 Å². The van der Waals surface area contributed by atoms with Gasteiger partial charge in [-0.05, 0) is 81.1 Å². The van der Waals surface area contributed by atoms with E-state index in [-0.39, 0.29) is 28.9 Å². The highest BCUT2D eigenvalue weighted by Gasteiger charge is 2.57. The van der Waals surface area contributed by atoms with Gasteiger partial charge in [-0.25, -0.2) is 0 Å². The van der Waals surface area contributed by atoms with Crippen LogP contribution in [0.3, 0.4) is 0 Å². The van der Waals surface area contributed by atoms with Crippen molar-refractivity contribution in [1.29, 1.82) is 0 Å². The topological polar surface area (TPSA) is 49.3 Å². The lowest BCUT2D eigenvalue weighted by molar-refractivity contribution is -0.146. The van der Waals surface area contributed by atoms with Crippen LogP contribution in [0.2, 0.25) is 0 Å². The van der Waals surface area contributed by atoms with Crippen LogP contribution in [0.15, 0.2) is 23.3 Å². The van der Waals surface area contributed by atoms with Crippen molar-refractivity contribution in [2.24, 2.45) is 28.6 Å². The minimum atomic E-state index is -0.363. The first-order valence-corrected chi connectivity index (χ1v) is 11.4. The highest BCUT2D eigenvalue weighted by molar-refractivity contribution is 5.83. The third kappa shape index (κ3) is 3.72. The van der Waals surface area contributed by atoms with Crippen molar-refractivity contribution in [2.45, 2.75) is 92.0 Å². The summed E-state index contributed by atoms with van der Waals surface area (Å²) in [7, 11) is 0. The monoisotopic (exact) mass is 387 g/mol. The Bertz CT molecular complexity index is 674. The Balaban J connectivity index is 1.89. The smallest absolute Gasteiger partial charge is 0.226 e. The first-order chi connectivity index (χ1) is 13.0. The molecule has 0 aromatic carbocycles. The normalized spacial score (nSPS) is 35.6. The third-order valence-electron chi connectivity index (χ3n) is 8.29. The molecule has 0 heterocycles. The maximum atomic E-state index is 13.5. The number of allylic oxidation sites excluding steroid dienone is 4. The van der Waals surface area contributed by atoms with Crippen LogP contribution in [0.1, 0.15) is 86.5 Å². The fraction of sp³-hybridized carbons (Fsp3) is 0.800. The second-order valence-electron chi connectivity index (χ2n) is 11.0. The summed E-state index contributed by atoms with van der Waals surface area (Å²) in [6.45, 7) is 13.4. The van der Waals surface area contributed by atoms with Crippen molar-refractivity contribution in [2.75, 3.05) is 6.61 Å². The standard InChI is InChI=1S/C25H41NO2/c1-17(2)18-8-10-20-19(16-18)9-11-21-24(20,5)12-7-13-25(21,6)22(28)26-23(3,4)14-15-27/h9,16-17,20-21,27H,7-8,10-15H2,1-6H3,(H,26,28). The second kappa shape index (κ2) is 7.63. The van der Waals surface area contributed by atoms with Crippen molar-refractivity contribution in [3.05, 3.63) is 23.3 Å². The summed E-state index contributed by atoms with van der Waals surface area (Å²) in [6.07, 6.45) is 12.3. The Morgan fingerprint density at radius 3 is 2.68 bits per heavy atom. The van der Waals surface area contributed by atoms with Gasteiger partial charge in [0.25, 0.3) is 0 Å². The highest BCUT2D eigenvalue weighted by atomic mass is 16.3. The number of hydrogen-bond acceptors (Lipinski definition) is 2. The third-order valence-corrected chi connectivity index (χ3v) is 8.29. The van der Waals surface area contributed by atoms with Crippen molar-refractivity contribution in [3.63, 3.8) is 0 Å². The molecule has 3 aliphatic carbocycles. The number of carbonyl (C=O) groups is 1. The molecule has 0 aliphatic heterocycles. The van der Waals surface area contributed by atoms with Gasteiger partial charge < -0.3 is 10.4 Å². The van der Waals surface area contributed by atoms with E-state index in [1.807, 2.05) is 13.8 Å². The molecule has 158 valence electrons. The molecule has 0 saturated heterocycles. The molecule has 2 N–H and O–H groups in total. The van der Waals surface area contributed by atoms with Crippen LogP contribution >= 0.6 is 0 Å². The Morgan fingerprint density at radius 1 is 1.32 bits per heavy atom. The van der Waals surface area contributed by atoms with Crippen LogP contribution in [-0.2, 0) is 4.79 Å². The Kier molecular flexibility index (Phi) is 5.89. The van der Waals surface area contributed by atoms with Gasteiger partial charge in [0, 0.05) is 12.1 Å². The Labute approximate surface area is 172 Å². The van der Waals surface area contributed by atoms with Crippen LogP contribution in [0.5, 0.6) is 0 Å². The first-order valence-electron chi connectivity index (χ1n) is 11.4.